The smallest absolute Gasteiger partial charge is 0.342 e. The van der Waals surface area contributed by atoms with Crippen molar-refractivity contribution in [2.75, 3.05) is 13.1 Å². The molecule has 3 aromatic rings. The van der Waals surface area contributed by atoms with Gasteiger partial charge >= 0.3 is 5.69 Å². The number of nitrogens with one attached hydrogen (secondary N) is 1. The topological polar surface area (TPSA) is 88.8 Å². The van der Waals surface area contributed by atoms with Crippen molar-refractivity contribution < 1.29 is 4.79 Å². The van der Waals surface area contributed by atoms with Gasteiger partial charge in [0.05, 0.1) is 11.0 Å². The first-order valence-electron chi connectivity index (χ1n) is 10.1. The Labute approximate surface area is 162 Å². The molecule has 0 spiro atoms. The fraction of sp³-hybridized carbons (Fsp3) is 0.500. The number of hydrogen-bond acceptors (Lipinski definition) is 4. The van der Waals surface area contributed by atoms with Crippen LogP contribution in [0.5, 0.6) is 0 Å². The Morgan fingerprint density at radius 3 is 2.86 bits per heavy atom. The van der Waals surface area contributed by atoms with E-state index in [0.29, 0.717) is 44.8 Å². The highest BCUT2D eigenvalue weighted by Gasteiger charge is 2.26. The number of hydrogen-bond donors (Lipinski definition) is 1. The number of para-hydroxylation sites is 2. The molecular formula is C20H24N6O2. The van der Waals surface area contributed by atoms with Crippen molar-refractivity contribution in [2.24, 2.45) is 5.92 Å². The second kappa shape index (κ2) is 6.92. The van der Waals surface area contributed by atoms with Gasteiger partial charge in [0.15, 0.2) is 0 Å². The minimum Gasteiger partial charge on any atom is -0.342 e. The quantitative estimate of drug-likeness (QED) is 0.724. The summed E-state index contributed by atoms with van der Waals surface area (Å²) < 4.78 is 3.36. The number of benzene rings is 1. The highest BCUT2D eigenvalue weighted by atomic mass is 16.2. The van der Waals surface area contributed by atoms with E-state index in [-0.39, 0.29) is 11.6 Å². The molecule has 0 atom stereocenters. The van der Waals surface area contributed by atoms with Gasteiger partial charge in [0.1, 0.15) is 11.6 Å². The molecule has 0 saturated heterocycles. The van der Waals surface area contributed by atoms with E-state index in [4.69, 9.17) is 0 Å². The van der Waals surface area contributed by atoms with Crippen LogP contribution in [0.3, 0.4) is 0 Å². The Morgan fingerprint density at radius 2 is 2.04 bits per heavy atom. The minimum atomic E-state index is -0.0292. The first-order valence-corrected chi connectivity index (χ1v) is 10.1. The van der Waals surface area contributed by atoms with Gasteiger partial charge in [-0.3, -0.25) is 9.36 Å². The van der Waals surface area contributed by atoms with E-state index < -0.39 is 0 Å². The van der Waals surface area contributed by atoms with Crippen LogP contribution in [0.4, 0.5) is 0 Å². The summed E-state index contributed by atoms with van der Waals surface area (Å²) in [7, 11) is 0. The zero-order valence-corrected chi connectivity index (χ0v) is 15.8. The average Bonchev–Trinajstić information content (AvgIpc) is 3.39. The van der Waals surface area contributed by atoms with E-state index in [1.807, 2.05) is 29.2 Å². The lowest BCUT2D eigenvalue weighted by molar-refractivity contribution is -0.131. The summed E-state index contributed by atoms with van der Waals surface area (Å²) in [6.45, 7) is 2.42. The predicted molar refractivity (Wildman–Crippen MR) is 104 cm³/mol. The lowest BCUT2D eigenvalue weighted by atomic mass is 10.2. The van der Waals surface area contributed by atoms with Crippen molar-refractivity contribution in [3.63, 3.8) is 0 Å². The molecule has 8 heteroatoms. The van der Waals surface area contributed by atoms with E-state index in [1.165, 1.54) is 12.8 Å². The lowest BCUT2D eigenvalue weighted by Crippen LogP contribution is -2.35. The molecule has 0 radical (unpaired) electrons. The molecule has 1 aromatic carbocycles. The third-order valence-electron chi connectivity index (χ3n) is 5.69. The normalized spacial score (nSPS) is 16.9. The second-order valence-electron chi connectivity index (χ2n) is 7.81. The fourth-order valence-electron chi connectivity index (χ4n) is 3.88. The first kappa shape index (κ1) is 17.2. The van der Waals surface area contributed by atoms with E-state index in [9.17, 15) is 9.59 Å². The molecule has 0 unspecified atom stereocenters. The average molecular weight is 380 g/mol. The fourth-order valence-corrected chi connectivity index (χ4v) is 3.88. The third kappa shape index (κ3) is 3.34. The number of carbonyl (C=O) groups is 1. The van der Waals surface area contributed by atoms with Crippen LogP contribution >= 0.6 is 0 Å². The summed E-state index contributed by atoms with van der Waals surface area (Å²) in [6.07, 6.45) is 4.02. The highest BCUT2D eigenvalue weighted by Crippen LogP contribution is 2.29. The van der Waals surface area contributed by atoms with Gasteiger partial charge in [-0.2, -0.15) is 5.10 Å². The van der Waals surface area contributed by atoms with Crippen LogP contribution in [-0.4, -0.2) is 48.2 Å². The number of fused-ring (bicyclic) bond motifs is 2. The van der Waals surface area contributed by atoms with Crippen LogP contribution in [0.25, 0.3) is 11.0 Å². The molecular weight excluding hydrogens is 356 g/mol. The number of rotatable bonds is 5. The number of aromatic amines is 1. The molecule has 8 nitrogen and oxygen atoms in total. The van der Waals surface area contributed by atoms with Crippen molar-refractivity contribution in [3.05, 3.63) is 46.4 Å². The van der Waals surface area contributed by atoms with Crippen molar-refractivity contribution in [3.8, 4) is 0 Å². The number of amides is 1. The van der Waals surface area contributed by atoms with Crippen molar-refractivity contribution in [1.82, 2.24) is 29.2 Å². The van der Waals surface area contributed by atoms with Crippen LogP contribution in [0.15, 0.2) is 29.1 Å². The second-order valence-corrected chi connectivity index (χ2v) is 7.81. The maximum atomic E-state index is 12.7. The maximum absolute atomic E-state index is 12.7. The van der Waals surface area contributed by atoms with Crippen LogP contribution in [0, 0.1) is 5.92 Å². The molecule has 1 amide bonds. The first-order chi connectivity index (χ1) is 13.7. The third-order valence-corrected chi connectivity index (χ3v) is 5.69. The molecule has 1 saturated carbocycles. The van der Waals surface area contributed by atoms with Crippen LogP contribution in [-0.2, 0) is 30.7 Å². The van der Waals surface area contributed by atoms with Crippen LogP contribution in [0.2, 0.25) is 0 Å². The monoisotopic (exact) mass is 380 g/mol. The van der Waals surface area contributed by atoms with Gasteiger partial charge in [-0.15, -0.1) is 0 Å². The summed E-state index contributed by atoms with van der Waals surface area (Å²) in [5.41, 5.74) is 1.89. The largest absolute Gasteiger partial charge is 0.345 e. The molecule has 1 fully saturated rings. The maximum Gasteiger partial charge on any atom is 0.345 e. The van der Waals surface area contributed by atoms with Crippen molar-refractivity contribution >= 4 is 16.9 Å². The molecule has 0 bridgehead atoms. The van der Waals surface area contributed by atoms with E-state index >= 15 is 0 Å². The van der Waals surface area contributed by atoms with Crippen LogP contribution < -0.4 is 5.69 Å². The van der Waals surface area contributed by atoms with Crippen molar-refractivity contribution in [2.45, 2.75) is 45.2 Å². The Hall–Kier alpha value is -2.90. The van der Waals surface area contributed by atoms with E-state index in [0.717, 1.165) is 29.2 Å². The highest BCUT2D eigenvalue weighted by molar-refractivity contribution is 5.77. The van der Waals surface area contributed by atoms with E-state index in [2.05, 4.69) is 15.1 Å². The summed E-state index contributed by atoms with van der Waals surface area (Å²) in [5.74, 6) is 2.36. The molecule has 5 rings (SSSR count). The van der Waals surface area contributed by atoms with Gasteiger partial charge in [0.2, 0.25) is 5.91 Å². The van der Waals surface area contributed by atoms with Gasteiger partial charge in [-0.25, -0.2) is 14.5 Å². The molecule has 1 N–H and O–H groups in total. The molecule has 1 aliphatic carbocycles. The zero-order valence-electron chi connectivity index (χ0n) is 15.8. The zero-order chi connectivity index (χ0) is 19.1. The molecule has 2 aromatic heterocycles. The summed E-state index contributed by atoms with van der Waals surface area (Å²) in [5, 5.41) is 4.52. The van der Waals surface area contributed by atoms with Gasteiger partial charge in [-0.05, 0) is 30.9 Å². The van der Waals surface area contributed by atoms with Gasteiger partial charge in [0, 0.05) is 45.4 Å². The number of imidazole rings is 1. The Balaban J connectivity index is 1.21. The Morgan fingerprint density at radius 1 is 1.18 bits per heavy atom. The number of aromatic nitrogens is 5. The molecule has 1 aliphatic heterocycles. The number of nitrogens with zero attached hydrogens (tertiary/aromatic N) is 5. The standard InChI is InChI=1S/C20H24N6O2/c27-19(8-7-17-21-15-3-1-2-4-16(15)22-17)24-10-9-18-23-26(13-14-5-6-14)20(28)25(18)12-11-24/h1-4,14H,5-13H2,(H,21,22). The van der Waals surface area contributed by atoms with Gasteiger partial charge < -0.3 is 9.88 Å². The number of carbonyl (C=O) groups excluding carboxylic acids is 1. The Bertz CT molecular complexity index is 1040. The molecule has 146 valence electrons. The summed E-state index contributed by atoms with van der Waals surface area (Å²) in [4.78, 5) is 34.9. The number of aryl methyl sites for hydroxylation is 1. The van der Waals surface area contributed by atoms with Crippen LogP contribution in [0.1, 0.15) is 30.9 Å². The molecule has 2 aliphatic rings. The SMILES string of the molecule is O=C(CCc1nc2ccccc2[nH]1)N1CCc2nn(CC3CC3)c(=O)n2CC1. The number of H-pyrrole nitrogens is 1. The van der Waals surface area contributed by atoms with E-state index in [1.54, 1.807) is 9.25 Å². The predicted octanol–water partition coefficient (Wildman–Crippen LogP) is 1.35. The lowest BCUT2D eigenvalue weighted by Gasteiger charge is -2.19. The molecule has 3 heterocycles. The minimum absolute atomic E-state index is 0.0292. The van der Waals surface area contributed by atoms with Gasteiger partial charge in [0.25, 0.3) is 0 Å². The summed E-state index contributed by atoms with van der Waals surface area (Å²) in [6, 6.07) is 7.87. The molecule has 28 heavy (non-hydrogen) atoms. The Kier molecular flexibility index (Phi) is 4.26. The summed E-state index contributed by atoms with van der Waals surface area (Å²) >= 11 is 0. The van der Waals surface area contributed by atoms with Gasteiger partial charge in [-0.1, -0.05) is 12.1 Å². The van der Waals surface area contributed by atoms with Crippen molar-refractivity contribution in [1.29, 1.82) is 0 Å².